The smallest absolute Gasteiger partial charge is 0.237 e. The lowest BCUT2D eigenvalue weighted by Crippen LogP contribution is -2.24. The number of benzene rings is 2. The molecule has 0 bridgehead atoms. The van der Waals surface area contributed by atoms with Crippen molar-refractivity contribution in [2.45, 2.75) is 23.5 Å². The van der Waals surface area contributed by atoms with Gasteiger partial charge in [0.15, 0.2) is 0 Å². The SMILES string of the molecule is CC[C@H](Sc1ccc(Cl)cc1)C(=O)Nc1ccc(F)cc1. The lowest BCUT2D eigenvalue weighted by molar-refractivity contribution is -0.115. The second-order valence-corrected chi connectivity index (χ2v) is 6.18. The largest absolute Gasteiger partial charge is 0.325 e. The zero-order valence-corrected chi connectivity index (χ0v) is 13.0. The quantitative estimate of drug-likeness (QED) is 0.785. The van der Waals surface area contributed by atoms with Crippen LogP contribution in [0.2, 0.25) is 5.02 Å². The first-order valence-electron chi connectivity index (χ1n) is 6.57. The maximum atomic E-state index is 12.8. The molecule has 2 rings (SSSR count). The highest BCUT2D eigenvalue weighted by atomic mass is 35.5. The van der Waals surface area contributed by atoms with Gasteiger partial charge in [0.1, 0.15) is 5.82 Å². The molecule has 5 heteroatoms. The van der Waals surface area contributed by atoms with E-state index >= 15 is 0 Å². The maximum Gasteiger partial charge on any atom is 0.237 e. The van der Waals surface area contributed by atoms with E-state index in [-0.39, 0.29) is 17.0 Å². The Hall–Kier alpha value is -1.52. The number of amides is 1. The average molecular weight is 324 g/mol. The summed E-state index contributed by atoms with van der Waals surface area (Å²) in [6, 6.07) is 13.1. The highest BCUT2D eigenvalue weighted by Gasteiger charge is 2.18. The molecule has 21 heavy (non-hydrogen) atoms. The molecule has 0 radical (unpaired) electrons. The van der Waals surface area contributed by atoms with E-state index in [2.05, 4.69) is 5.32 Å². The zero-order valence-electron chi connectivity index (χ0n) is 11.5. The van der Waals surface area contributed by atoms with E-state index in [9.17, 15) is 9.18 Å². The van der Waals surface area contributed by atoms with Crippen molar-refractivity contribution in [3.05, 3.63) is 59.4 Å². The average Bonchev–Trinajstić information content (AvgIpc) is 2.49. The Morgan fingerprint density at radius 2 is 1.81 bits per heavy atom. The van der Waals surface area contributed by atoms with Gasteiger partial charge in [0.25, 0.3) is 0 Å². The van der Waals surface area contributed by atoms with Crippen LogP contribution in [0.3, 0.4) is 0 Å². The van der Waals surface area contributed by atoms with E-state index in [0.29, 0.717) is 17.1 Å². The highest BCUT2D eigenvalue weighted by molar-refractivity contribution is 8.00. The van der Waals surface area contributed by atoms with E-state index in [1.807, 2.05) is 19.1 Å². The molecule has 2 aromatic rings. The fraction of sp³-hybridized carbons (Fsp3) is 0.188. The van der Waals surface area contributed by atoms with Gasteiger partial charge in [0.2, 0.25) is 5.91 Å². The second-order valence-electron chi connectivity index (χ2n) is 4.46. The number of hydrogen-bond acceptors (Lipinski definition) is 2. The van der Waals surface area contributed by atoms with Crippen LogP contribution >= 0.6 is 23.4 Å². The first-order valence-corrected chi connectivity index (χ1v) is 7.83. The van der Waals surface area contributed by atoms with Crippen molar-refractivity contribution in [2.24, 2.45) is 0 Å². The topological polar surface area (TPSA) is 29.1 Å². The van der Waals surface area contributed by atoms with Crippen molar-refractivity contribution in [3.8, 4) is 0 Å². The molecule has 0 fully saturated rings. The monoisotopic (exact) mass is 323 g/mol. The van der Waals surface area contributed by atoms with E-state index in [4.69, 9.17) is 11.6 Å². The predicted octanol–water partition coefficient (Wildman–Crippen LogP) is 4.99. The third-order valence-corrected chi connectivity index (χ3v) is 4.50. The Morgan fingerprint density at radius 1 is 1.19 bits per heavy atom. The van der Waals surface area contributed by atoms with Gasteiger partial charge >= 0.3 is 0 Å². The summed E-state index contributed by atoms with van der Waals surface area (Å²) in [5.41, 5.74) is 0.594. The molecule has 1 amide bonds. The van der Waals surface area contributed by atoms with E-state index in [1.54, 1.807) is 24.3 Å². The van der Waals surface area contributed by atoms with Crippen molar-refractivity contribution in [1.29, 1.82) is 0 Å². The summed E-state index contributed by atoms with van der Waals surface area (Å²) < 4.78 is 12.8. The standard InChI is InChI=1S/C16H15ClFNOS/c1-2-15(21-14-9-3-11(17)4-10-14)16(20)19-13-7-5-12(18)6-8-13/h3-10,15H,2H2,1H3,(H,19,20)/t15-/m0/s1. The van der Waals surface area contributed by atoms with E-state index < -0.39 is 0 Å². The van der Waals surface area contributed by atoms with Crippen LogP contribution in [0.4, 0.5) is 10.1 Å². The van der Waals surface area contributed by atoms with Crippen LogP contribution in [0.25, 0.3) is 0 Å². The Kier molecular flexibility index (Phi) is 5.65. The van der Waals surface area contributed by atoms with Gasteiger partial charge in [-0.25, -0.2) is 4.39 Å². The third-order valence-electron chi connectivity index (χ3n) is 2.87. The van der Waals surface area contributed by atoms with Gasteiger partial charge in [0.05, 0.1) is 5.25 Å². The minimum Gasteiger partial charge on any atom is -0.325 e. The molecular weight excluding hydrogens is 309 g/mol. The van der Waals surface area contributed by atoms with Gasteiger partial charge in [-0.1, -0.05) is 18.5 Å². The number of nitrogens with one attached hydrogen (secondary N) is 1. The zero-order chi connectivity index (χ0) is 15.2. The minimum absolute atomic E-state index is 0.0935. The lowest BCUT2D eigenvalue weighted by atomic mass is 10.2. The predicted molar refractivity (Wildman–Crippen MR) is 86.4 cm³/mol. The summed E-state index contributed by atoms with van der Waals surface area (Å²) in [5.74, 6) is -0.417. The summed E-state index contributed by atoms with van der Waals surface area (Å²) >= 11 is 7.33. The molecule has 0 aromatic heterocycles. The number of thioether (sulfide) groups is 1. The number of halogens is 2. The lowest BCUT2D eigenvalue weighted by Gasteiger charge is -2.14. The Bertz CT molecular complexity index is 601. The molecule has 0 aliphatic heterocycles. The van der Waals surface area contributed by atoms with Crippen molar-refractivity contribution in [3.63, 3.8) is 0 Å². The fourth-order valence-corrected chi connectivity index (χ4v) is 2.84. The summed E-state index contributed by atoms with van der Waals surface area (Å²) in [5, 5.41) is 3.26. The first kappa shape index (κ1) is 15.9. The second kappa shape index (κ2) is 7.48. The molecule has 1 atom stereocenters. The molecule has 0 heterocycles. The third kappa shape index (κ3) is 4.76. The van der Waals surface area contributed by atoms with Gasteiger partial charge < -0.3 is 5.32 Å². The number of carbonyl (C=O) groups is 1. The normalized spacial score (nSPS) is 12.0. The van der Waals surface area contributed by atoms with Crippen LogP contribution in [0.5, 0.6) is 0 Å². The first-order chi connectivity index (χ1) is 10.1. The van der Waals surface area contributed by atoms with Crippen molar-refractivity contribution >= 4 is 35.0 Å². The van der Waals surface area contributed by atoms with Crippen molar-refractivity contribution < 1.29 is 9.18 Å². The molecule has 2 nitrogen and oxygen atoms in total. The van der Waals surface area contributed by atoms with Gasteiger partial charge in [-0.05, 0) is 55.0 Å². The molecular formula is C16H15ClFNOS. The summed E-state index contributed by atoms with van der Waals surface area (Å²) in [7, 11) is 0. The molecule has 0 spiro atoms. The molecule has 0 saturated heterocycles. The van der Waals surface area contributed by atoms with Crippen LogP contribution < -0.4 is 5.32 Å². The van der Waals surface area contributed by atoms with Crippen LogP contribution in [-0.4, -0.2) is 11.2 Å². The summed E-state index contributed by atoms with van der Waals surface area (Å²) in [4.78, 5) is 13.2. The van der Waals surface area contributed by atoms with Crippen LogP contribution in [0.15, 0.2) is 53.4 Å². The van der Waals surface area contributed by atoms with Gasteiger partial charge in [-0.3, -0.25) is 4.79 Å². The number of hydrogen-bond donors (Lipinski definition) is 1. The summed E-state index contributed by atoms with van der Waals surface area (Å²) in [6.45, 7) is 1.96. The molecule has 0 unspecified atom stereocenters. The fourth-order valence-electron chi connectivity index (χ4n) is 1.76. The molecule has 0 aliphatic carbocycles. The van der Waals surface area contributed by atoms with Gasteiger partial charge in [-0.2, -0.15) is 0 Å². The highest BCUT2D eigenvalue weighted by Crippen LogP contribution is 2.27. The van der Waals surface area contributed by atoms with Crippen molar-refractivity contribution in [1.82, 2.24) is 0 Å². The molecule has 1 N–H and O–H groups in total. The van der Waals surface area contributed by atoms with E-state index in [0.717, 1.165) is 4.90 Å². The van der Waals surface area contributed by atoms with Crippen LogP contribution in [0.1, 0.15) is 13.3 Å². The Balaban J connectivity index is 2.01. The number of anilines is 1. The van der Waals surface area contributed by atoms with Gasteiger partial charge in [0, 0.05) is 15.6 Å². The Morgan fingerprint density at radius 3 is 2.38 bits per heavy atom. The van der Waals surface area contributed by atoms with Crippen LogP contribution in [-0.2, 0) is 4.79 Å². The molecule has 110 valence electrons. The molecule has 2 aromatic carbocycles. The number of rotatable bonds is 5. The van der Waals surface area contributed by atoms with E-state index in [1.165, 1.54) is 23.9 Å². The van der Waals surface area contributed by atoms with Crippen molar-refractivity contribution in [2.75, 3.05) is 5.32 Å². The summed E-state index contributed by atoms with van der Waals surface area (Å²) in [6.07, 6.45) is 0.695. The molecule has 0 aliphatic rings. The molecule has 0 saturated carbocycles. The maximum absolute atomic E-state index is 12.8. The number of carbonyl (C=O) groups excluding carboxylic acids is 1. The Labute approximate surface area is 132 Å². The van der Waals surface area contributed by atoms with Crippen LogP contribution in [0, 0.1) is 5.82 Å². The minimum atomic E-state index is -0.324. The van der Waals surface area contributed by atoms with Gasteiger partial charge in [-0.15, -0.1) is 11.8 Å².